The van der Waals surface area contributed by atoms with Crippen LogP contribution in [0.1, 0.15) is 27.0 Å². The summed E-state index contributed by atoms with van der Waals surface area (Å²) in [6.07, 6.45) is 1.52. The second-order valence-corrected chi connectivity index (χ2v) is 8.45. The van der Waals surface area contributed by atoms with E-state index >= 15 is 0 Å². The van der Waals surface area contributed by atoms with Gasteiger partial charge in [0.1, 0.15) is 12.4 Å². The molecule has 32 heavy (non-hydrogen) atoms. The molecule has 0 radical (unpaired) electrons. The first-order valence-electron chi connectivity index (χ1n) is 9.43. The molecule has 164 valence electrons. The Bertz CT molecular complexity index is 1140. The quantitative estimate of drug-likeness (QED) is 0.245. The van der Waals surface area contributed by atoms with E-state index in [1.165, 1.54) is 18.3 Å². The molecule has 0 spiro atoms. The van der Waals surface area contributed by atoms with Crippen molar-refractivity contribution >= 4 is 55.8 Å². The summed E-state index contributed by atoms with van der Waals surface area (Å²) in [6, 6.07) is 17.1. The van der Waals surface area contributed by atoms with E-state index in [0.717, 1.165) is 16.7 Å². The number of para-hydroxylation sites is 1. The number of nitrogens with zero attached hydrogens (tertiary/aromatic N) is 1. The molecule has 0 unspecified atom stereocenters. The number of hydrazone groups is 1. The van der Waals surface area contributed by atoms with Gasteiger partial charge in [-0.15, -0.1) is 0 Å². The van der Waals surface area contributed by atoms with Crippen molar-refractivity contribution in [3.05, 3.63) is 91.9 Å². The molecule has 0 bridgehead atoms. The number of rotatable bonds is 7. The lowest BCUT2D eigenvalue weighted by Crippen LogP contribution is -2.24. The summed E-state index contributed by atoms with van der Waals surface area (Å²) >= 11 is 6.96. The standard InChI is InChI=1S/C23H19Br2N3O4/c1-14-4-2-3-5-20(14)27-23(31)28-26-12-16-10-18(24)21(19(25)11-16)32-13-15-6-8-17(9-7-15)22(29)30/h2-12H,13H2,1H3,(H,29,30)(H2,27,28,31). The zero-order valence-corrected chi connectivity index (χ0v) is 20.1. The average molecular weight is 561 g/mol. The Labute approximate surface area is 201 Å². The lowest BCUT2D eigenvalue weighted by Gasteiger charge is -2.11. The van der Waals surface area contributed by atoms with Gasteiger partial charge in [0.25, 0.3) is 0 Å². The minimum absolute atomic E-state index is 0.223. The van der Waals surface area contributed by atoms with Crippen LogP contribution in [-0.4, -0.2) is 23.3 Å². The van der Waals surface area contributed by atoms with Crippen LogP contribution in [0.25, 0.3) is 0 Å². The number of hydrogen-bond acceptors (Lipinski definition) is 4. The monoisotopic (exact) mass is 559 g/mol. The van der Waals surface area contributed by atoms with Gasteiger partial charge in [0.2, 0.25) is 0 Å². The van der Waals surface area contributed by atoms with Gasteiger partial charge in [-0.25, -0.2) is 15.0 Å². The maximum absolute atomic E-state index is 12.0. The Morgan fingerprint density at radius 2 is 1.72 bits per heavy atom. The molecule has 3 rings (SSSR count). The summed E-state index contributed by atoms with van der Waals surface area (Å²) in [5.74, 6) is -0.378. The molecular formula is C23H19Br2N3O4. The van der Waals surface area contributed by atoms with Gasteiger partial charge in [0, 0.05) is 5.69 Å². The third kappa shape index (κ3) is 6.41. The Kier molecular flexibility index (Phi) is 8.02. The van der Waals surface area contributed by atoms with Gasteiger partial charge in [-0.3, -0.25) is 0 Å². The molecule has 2 amide bonds. The number of carbonyl (C=O) groups is 2. The van der Waals surface area contributed by atoms with Crippen LogP contribution in [0, 0.1) is 6.92 Å². The first-order chi connectivity index (χ1) is 15.3. The molecule has 0 aliphatic rings. The van der Waals surface area contributed by atoms with E-state index in [1.807, 2.05) is 31.2 Å². The predicted octanol–water partition coefficient (Wildman–Crippen LogP) is 5.95. The molecule has 0 saturated carbocycles. The van der Waals surface area contributed by atoms with E-state index in [-0.39, 0.29) is 12.2 Å². The molecular weight excluding hydrogens is 542 g/mol. The van der Waals surface area contributed by atoms with Crippen molar-refractivity contribution in [1.29, 1.82) is 0 Å². The van der Waals surface area contributed by atoms with E-state index in [9.17, 15) is 9.59 Å². The van der Waals surface area contributed by atoms with E-state index in [4.69, 9.17) is 9.84 Å². The number of aryl methyl sites for hydroxylation is 1. The highest BCUT2D eigenvalue weighted by molar-refractivity contribution is 9.11. The molecule has 0 heterocycles. The third-order valence-electron chi connectivity index (χ3n) is 4.38. The number of carbonyl (C=O) groups excluding carboxylic acids is 1. The van der Waals surface area contributed by atoms with Crippen LogP contribution < -0.4 is 15.5 Å². The average Bonchev–Trinajstić information content (AvgIpc) is 2.75. The van der Waals surface area contributed by atoms with Crippen molar-refractivity contribution in [2.45, 2.75) is 13.5 Å². The molecule has 0 aliphatic heterocycles. The number of anilines is 1. The summed E-state index contributed by atoms with van der Waals surface area (Å²) < 4.78 is 7.25. The summed E-state index contributed by atoms with van der Waals surface area (Å²) in [5, 5.41) is 15.7. The van der Waals surface area contributed by atoms with Crippen molar-refractivity contribution in [3.63, 3.8) is 0 Å². The molecule has 0 atom stereocenters. The summed E-state index contributed by atoms with van der Waals surface area (Å²) in [5.41, 5.74) is 5.89. The Balaban J connectivity index is 1.59. The third-order valence-corrected chi connectivity index (χ3v) is 5.56. The van der Waals surface area contributed by atoms with Crippen molar-refractivity contribution in [2.75, 3.05) is 5.32 Å². The Morgan fingerprint density at radius 1 is 1.06 bits per heavy atom. The van der Waals surface area contributed by atoms with Crippen LogP contribution in [0.4, 0.5) is 10.5 Å². The van der Waals surface area contributed by atoms with Crippen LogP contribution in [0.15, 0.2) is 74.7 Å². The van der Waals surface area contributed by atoms with Crippen LogP contribution >= 0.6 is 31.9 Å². The molecule has 9 heteroatoms. The van der Waals surface area contributed by atoms with Crippen LogP contribution in [0.2, 0.25) is 0 Å². The van der Waals surface area contributed by atoms with Crippen LogP contribution in [-0.2, 0) is 6.61 Å². The number of ether oxygens (including phenoxy) is 1. The van der Waals surface area contributed by atoms with Crippen molar-refractivity contribution < 1.29 is 19.4 Å². The second-order valence-electron chi connectivity index (χ2n) is 6.74. The van der Waals surface area contributed by atoms with Crippen LogP contribution in [0.3, 0.4) is 0 Å². The fourth-order valence-electron chi connectivity index (χ4n) is 2.72. The summed E-state index contributed by atoms with van der Waals surface area (Å²) in [4.78, 5) is 23.0. The maximum atomic E-state index is 12.0. The lowest BCUT2D eigenvalue weighted by atomic mass is 10.1. The number of aromatic carboxylic acids is 1. The highest BCUT2D eigenvalue weighted by atomic mass is 79.9. The molecule has 3 N–H and O–H groups in total. The zero-order valence-electron chi connectivity index (χ0n) is 16.9. The van der Waals surface area contributed by atoms with E-state index in [0.29, 0.717) is 20.4 Å². The van der Waals surface area contributed by atoms with Gasteiger partial charge >= 0.3 is 12.0 Å². The topological polar surface area (TPSA) is 100 Å². The fourth-order valence-corrected chi connectivity index (χ4v) is 4.17. The normalized spacial score (nSPS) is 10.7. The number of benzene rings is 3. The first kappa shape index (κ1) is 23.5. The lowest BCUT2D eigenvalue weighted by molar-refractivity contribution is 0.0696. The fraction of sp³-hybridized carbons (Fsp3) is 0.0870. The minimum Gasteiger partial charge on any atom is -0.487 e. The summed E-state index contributed by atoms with van der Waals surface area (Å²) in [7, 11) is 0. The highest BCUT2D eigenvalue weighted by Crippen LogP contribution is 2.35. The SMILES string of the molecule is Cc1ccccc1NC(=O)NN=Cc1cc(Br)c(OCc2ccc(C(=O)O)cc2)c(Br)c1. The van der Waals surface area contributed by atoms with Gasteiger partial charge in [0.05, 0.1) is 20.7 Å². The van der Waals surface area contributed by atoms with Crippen molar-refractivity contribution in [3.8, 4) is 5.75 Å². The molecule has 0 aliphatic carbocycles. The zero-order chi connectivity index (χ0) is 23.1. The number of carboxylic acid groups (broad SMARTS) is 1. The number of carboxylic acids is 1. The van der Waals surface area contributed by atoms with Gasteiger partial charge in [0.15, 0.2) is 0 Å². The summed E-state index contributed by atoms with van der Waals surface area (Å²) in [6.45, 7) is 2.17. The largest absolute Gasteiger partial charge is 0.487 e. The Morgan fingerprint density at radius 3 is 2.34 bits per heavy atom. The van der Waals surface area contributed by atoms with E-state index < -0.39 is 12.0 Å². The van der Waals surface area contributed by atoms with Gasteiger partial charge in [-0.2, -0.15) is 5.10 Å². The van der Waals surface area contributed by atoms with Crippen molar-refractivity contribution in [2.24, 2.45) is 5.10 Å². The molecule has 3 aromatic carbocycles. The first-order valence-corrected chi connectivity index (χ1v) is 11.0. The maximum Gasteiger partial charge on any atom is 0.339 e. The van der Waals surface area contributed by atoms with E-state index in [1.54, 1.807) is 24.3 Å². The number of urea groups is 1. The molecule has 0 saturated heterocycles. The number of nitrogens with one attached hydrogen (secondary N) is 2. The van der Waals surface area contributed by atoms with Crippen molar-refractivity contribution in [1.82, 2.24) is 5.43 Å². The second kappa shape index (κ2) is 10.9. The molecule has 0 fully saturated rings. The molecule has 3 aromatic rings. The van der Waals surface area contributed by atoms with E-state index in [2.05, 4.69) is 47.7 Å². The van der Waals surface area contributed by atoms with Gasteiger partial charge < -0.3 is 15.2 Å². The van der Waals surface area contributed by atoms with Gasteiger partial charge in [-0.05, 0) is 85.8 Å². The number of halogens is 2. The Hall–Kier alpha value is -3.17. The van der Waals surface area contributed by atoms with Crippen LogP contribution in [0.5, 0.6) is 5.75 Å². The number of amides is 2. The minimum atomic E-state index is -0.970. The van der Waals surface area contributed by atoms with Gasteiger partial charge in [-0.1, -0.05) is 30.3 Å². The predicted molar refractivity (Wildman–Crippen MR) is 131 cm³/mol. The smallest absolute Gasteiger partial charge is 0.339 e. The highest BCUT2D eigenvalue weighted by Gasteiger charge is 2.10. The number of hydrogen-bond donors (Lipinski definition) is 3. The molecule has 0 aromatic heterocycles. The molecule has 7 nitrogen and oxygen atoms in total.